The monoisotopic (exact) mass is 464 g/mol. The summed E-state index contributed by atoms with van der Waals surface area (Å²) in [6, 6.07) is 9.88. The minimum Gasteiger partial charge on any atom is -0.325 e. The van der Waals surface area contributed by atoms with Crippen LogP contribution in [0.2, 0.25) is 0 Å². The van der Waals surface area contributed by atoms with Crippen LogP contribution < -0.4 is 10.0 Å². The highest BCUT2D eigenvalue weighted by atomic mass is 79.9. The second-order valence-corrected chi connectivity index (χ2v) is 7.96. The molecule has 2 N–H and O–H groups in total. The first kappa shape index (κ1) is 18.1. The maximum atomic E-state index is 13.0. The molecular formula is C14H11Br2FN2O3S. The van der Waals surface area contributed by atoms with Crippen LogP contribution in [0.25, 0.3) is 0 Å². The van der Waals surface area contributed by atoms with Gasteiger partial charge in [0.15, 0.2) is 0 Å². The number of benzene rings is 2. The lowest BCUT2D eigenvalue weighted by molar-refractivity contribution is -0.115. The van der Waals surface area contributed by atoms with Crippen molar-refractivity contribution >= 4 is 53.5 Å². The predicted octanol–water partition coefficient (Wildman–Crippen LogP) is 3.27. The standard InChI is InChI=1S/C14H11Br2FN2O3S/c15-9-4-5-13(12(16)6-9)23(21,22)18-8-14(20)19-11-3-1-2-10(17)7-11/h1-7,18H,8H2,(H,19,20). The van der Waals surface area contributed by atoms with Crippen LogP contribution in [-0.2, 0) is 14.8 Å². The molecule has 0 unspecified atom stereocenters. The summed E-state index contributed by atoms with van der Waals surface area (Å²) in [5, 5.41) is 2.41. The third-order valence-electron chi connectivity index (χ3n) is 2.71. The van der Waals surface area contributed by atoms with Gasteiger partial charge < -0.3 is 5.32 Å². The first-order chi connectivity index (χ1) is 10.8. The molecule has 2 rings (SSSR count). The average Bonchev–Trinajstić information content (AvgIpc) is 2.45. The summed E-state index contributed by atoms with van der Waals surface area (Å²) in [6.07, 6.45) is 0. The second kappa shape index (κ2) is 7.52. The maximum Gasteiger partial charge on any atom is 0.242 e. The molecule has 0 saturated heterocycles. The zero-order valence-electron chi connectivity index (χ0n) is 11.5. The highest BCUT2D eigenvalue weighted by Gasteiger charge is 2.18. The summed E-state index contributed by atoms with van der Waals surface area (Å²) in [7, 11) is -3.86. The molecule has 5 nitrogen and oxygen atoms in total. The fourth-order valence-electron chi connectivity index (χ4n) is 1.70. The number of sulfonamides is 1. The van der Waals surface area contributed by atoms with E-state index in [-0.39, 0.29) is 10.6 Å². The minimum atomic E-state index is -3.86. The predicted molar refractivity (Wildman–Crippen MR) is 92.1 cm³/mol. The van der Waals surface area contributed by atoms with Crippen molar-refractivity contribution in [3.63, 3.8) is 0 Å². The van der Waals surface area contributed by atoms with E-state index in [1.807, 2.05) is 0 Å². The summed E-state index contributed by atoms with van der Waals surface area (Å²) in [5.41, 5.74) is 0.249. The summed E-state index contributed by atoms with van der Waals surface area (Å²) in [6.45, 7) is -0.471. The van der Waals surface area contributed by atoms with E-state index in [1.54, 1.807) is 12.1 Å². The van der Waals surface area contributed by atoms with Gasteiger partial charge in [-0.3, -0.25) is 4.79 Å². The molecule has 0 saturated carbocycles. The topological polar surface area (TPSA) is 75.3 Å². The number of anilines is 1. The van der Waals surface area contributed by atoms with Crippen molar-refractivity contribution in [2.75, 3.05) is 11.9 Å². The molecule has 0 aliphatic heterocycles. The Morgan fingerprint density at radius 2 is 1.87 bits per heavy atom. The number of amides is 1. The lowest BCUT2D eigenvalue weighted by Crippen LogP contribution is -2.33. The number of carbonyl (C=O) groups is 1. The normalized spacial score (nSPS) is 11.3. The number of rotatable bonds is 5. The van der Waals surface area contributed by atoms with Gasteiger partial charge >= 0.3 is 0 Å². The SMILES string of the molecule is O=C(CNS(=O)(=O)c1ccc(Br)cc1Br)Nc1cccc(F)c1. The Labute approximate surface area is 149 Å². The minimum absolute atomic E-state index is 0.0132. The molecule has 0 fully saturated rings. The zero-order valence-corrected chi connectivity index (χ0v) is 15.5. The van der Waals surface area contributed by atoms with Crippen molar-refractivity contribution in [2.24, 2.45) is 0 Å². The Hall–Kier alpha value is -1.29. The highest BCUT2D eigenvalue weighted by molar-refractivity contribution is 9.11. The van der Waals surface area contributed by atoms with Gasteiger partial charge in [-0.15, -0.1) is 0 Å². The van der Waals surface area contributed by atoms with Gasteiger partial charge in [-0.1, -0.05) is 22.0 Å². The Balaban J connectivity index is 2.03. The van der Waals surface area contributed by atoms with Gasteiger partial charge in [0.25, 0.3) is 0 Å². The number of nitrogens with one attached hydrogen (secondary N) is 2. The summed E-state index contributed by atoms with van der Waals surface area (Å²) >= 11 is 6.39. The molecule has 0 bridgehead atoms. The van der Waals surface area contributed by atoms with Crippen molar-refractivity contribution in [3.8, 4) is 0 Å². The molecule has 2 aromatic carbocycles. The molecule has 2 aromatic rings. The average molecular weight is 466 g/mol. The number of hydrogen-bond donors (Lipinski definition) is 2. The molecule has 0 spiro atoms. The highest BCUT2D eigenvalue weighted by Crippen LogP contribution is 2.25. The van der Waals surface area contributed by atoms with Crippen LogP contribution in [0.15, 0.2) is 56.3 Å². The van der Waals surface area contributed by atoms with E-state index < -0.39 is 28.3 Å². The molecule has 0 aromatic heterocycles. The third kappa shape index (κ3) is 5.10. The molecule has 1 amide bonds. The van der Waals surface area contributed by atoms with Crippen molar-refractivity contribution in [1.29, 1.82) is 0 Å². The van der Waals surface area contributed by atoms with E-state index in [1.165, 1.54) is 24.3 Å². The van der Waals surface area contributed by atoms with E-state index in [4.69, 9.17) is 0 Å². The van der Waals surface area contributed by atoms with Gasteiger partial charge in [0.1, 0.15) is 5.82 Å². The fraction of sp³-hybridized carbons (Fsp3) is 0.0714. The Kier molecular flexibility index (Phi) is 5.90. The number of carbonyl (C=O) groups excluding carboxylic acids is 1. The third-order valence-corrected chi connectivity index (χ3v) is 5.59. The second-order valence-electron chi connectivity index (χ2n) is 4.46. The van der Waals surface area contributed by atoms with Crippen LogP contribution >= 0.6 is 31.9 Å². The Morgan fingerprint density at radius 3 is 2.52 bits per heavy atom. The lowest BCUT2D eigenvalue weighted by atomic mass is 10.3. The largest absolute Gasteiger partial charge is 0.325 e. The van der Waals surface area contributed by atoms with Crippen LogP contribution in [0.3, 0.4) is 0 Å². The smallest absolute Gasteiger partial charge is 0.242 e. The van der Waals surface area contributed by atoms with E-state index >= 15 is 0 Å². The van der Waals surface area contributed by atoms with Gasteiger partial charge in [0, 0.05) is 14.6 Å². The first-order valence-electron chi connectivity index (χ1n) is 6.28. The molecule has 122 valence electrons. The quantitative estimate of drug-likeness (QED) is 0.711. The zero-order chi connectivity index (χ0) is 17.0. The van der Waals surface area contributed by atoms with Gasteiger partial charge in [0.2, 0.25) is 15.9 Å². The van der Waals surface area contributed by atoms with Crippen LogP contribution in [0.4, 0.5) is 10.1 Å². The van der Waals surface area contributed by atoms with Gasteiger partial charge in [-0.2, -0.15) is 0 Å². The van der Waals surface area contributed by atoms with E-state index in [0.29, 0.717) is 8.95 Å². The van der Waals surface area contributed by atoms with Crippen molar-refractivity contribution in [1.82, 2.24) is 4.72 Å². The summed E-state index contributed by atoms with van der Waals surface area (Å²) < 4.78 is 40.6. The Bertz CT molecular complexity index is 844. The van der Waals surface area contributed by atoms with Crippen molar-refractivity contribution < 1.29 is 17.6 Å². The molecule has 0 atom stereocenters. The fourth-order valence-corrected chi connectivity index (χ4v) is 4.43. The first-order valence-corrected chi connectivity index (χ1v) is 9.35. The van der Waals surface area contributed by atoms with E-state index in [9.17, 15) is 17.6 Å². The van der Waals surface area contributed by atoms with Gasteiger partial charge in [-0.25, -0.2) is 17.5 Å². The summed E-state index contributed by atoms with van der Waals surface area (Å²) in [4.78, 5) is 11.8. The van der Waals surface area contributed by atoms with Crippen molar-refractivity contribution in [2.45, 2.75) is 4.90 Å². The molecule has 0 aliphatic carbocycles. The Morgan fingerprint density at radius 1 is 1.13 bits per heavy atom. The molecule has 23 heavy (non-hydrogen) atoms. The van der Waals surface area contributed by atoms with Crippen molar-refractivity contribution in [3.05, 3.63) is 57.2 Å². The number of hydrogen-bond acceptors (Lipinski definition) is 3. The van der Waals surface area contributed by atoms with Gasteiger partial charge in [-0.05, 0) is 52.3 Å². The lowest BCUT2D eigenvalue weighted by Gasteiger charge is -2.09. The van der Waals surface area contributed by atoms with Crippen LogP contribution in [-0.4, -0.2) is 20.9 Å². The molecular weight excluding hydrogens is 455 g/mol. The molecule has 0 radical (unpaired) electrons. The molecule has 0 heterocycles. The summed E-state index contributed by atoms with van der Waals surface area (Å²) in [5.74, 6) is -1.10. The van der Waals surface area contributed by atoms with Gasteiger partial charge in [0.05, 0.1) is 11.4 Å². The van der Waals surface area contributed by atoms with Crippen LogP contribution in [0.5, 0.6) is 0 Å². The van der Waals surface area contributed by atoms with E-state index in [0.717, 1.165) is 6.07 Å². The number of halogens is 3. The van der Waals surface area contributed by atoms with Crippen LogP contribution in [0.1, 0.15) is 0 Å². The molecule has 0 aliphatic rings. The molecule has 9 heteroatoms. The maximum absolute atomic E-state index is 13.0. The van der Waals surface area contributed by atoms with Crippen LogP contribution in [0, 0.1) is 5.82 Å². The van der Waals surface area contributed by atoms with E-state index in [2.05, 4.69) is 41.9 Å².